The van der Waals surface area contributed by atoms with Crippen molar-refractivity contribution in [1.82, 2.24) is 14.7 Å². The first-order chi connectivity index (χ1) is 16.9. The van der Waals surface area contributed by atoms with E-state index in [1.54, 1.807) is 53.5 Å². The molecule has 5 rings (SSSR count). The van der Waals surface area contributed by atoms with E-state index in [1.807, 2.05) is 5.38 Å². The van der Waals surface area contributed by atoms with Gasteiger partial charge in [0, 0.05) is 35.1 Å². The van der Waals surface area contributed by atoms with Gasteiger partial charge in [-0.25, -0.2) is 4.39 Å². The van der Waals surface area contributed by atoms with Gasteiger partial charge in [-0.1, -0.05) is 23.7 Å². The second-order valence-corrected chi connectivity index (χ2v) is 9.30. The fourth-order valence-corrected chi connectivity index (χ4v) is 4.85. The second kappa shape index (κ2) is 9.52. The number of ether oxygens (including phenoxy) is 1. The van der Waals surface area contributed by atoms with Crippen LogP contribution in [-0.2, 0) is 25.0 Å². The average molecular weight is 511 g/mol. The van der Waals surface area contributed by atoms with E-state index in [0.717, 1.165) is 11.3 Å². The number of benzene rings is 2. The average Bonchev–Trinajstić information content (AvgIpc) is 3.45. The smallest absolute Gasteiger partial charge is 0.275 e. The van der Waals surface area contributed by atoms with Crippen LogP contribution in [0.5, 0.6) is 5.75 Å². The lowest BCUT2D eigenvalue weighted by molar-refractivity contribution is -0.117. The zero-order valence-electron chi connectivity index (χ0n) is 18.6. The van der Waals surface area contributed by atoms with Crippen LogP contribution in [0.3, 0.4) is 0 Å². The number of fused-ring (bicyclic) bond motifs is 3. The van der Waals surface area contributed by atoms with Crippen LogP contribution in [0, 0.1) is 5.82 Å². The number of thiophene rings is 1. The van der Waals surface area contributed by atoms with Crippen LogP contribution < -0.4 is 10.1 Å². The van der Waals surface area contributed by atoms with Gasteiger partial charge in [0.25, 0.3) is 5.91 Å². The fraction of sp³-hybridized carbons (Fsp3) is 0.160. The van der Waals surface area contributed by atoms with Gasteiger partial charge in [-0.2, -0.15) is 16.4 Å². The first-order valence-electron chi connectivity index (χ1n) is 10.7. The highest BCUT2D eigenvalue weighted by Crippen LogP contribution is 2.40. The molecule has 0 saturated heterocycles. The zero-order chi connectivity index (χ0) is 24.5. The van der Waals surface area contributed by atoms with Crippen molar-refractivity contribution >= 4 is 40.4 Å². The maximum atomic E-state index is 13.8. The van der Waals surface area contributed by atoms with Crippen LogP contribution in [0.2, 0.25) is 5.02 Å². The summed E-state index contributed by atoms with van der Waals surface area (Å²) in [5.74, 6) is -0.600. The molecule has 2 aromatic carbocycles. The second-order valence-electron chi connectivity index (χ2n) is 8.08. The van der Waals surface area contributed by atoms with Gasteiger partial charge in [0.05, 0.1) is 11.4 Å². The van der Waals surface area contributed by atoms with Crippen molar-refractivity contribution in [3.63, 3.8) is 0 Å². The predicted molar refractivity (Wildman–Crippen MR) is 132 cm³/mol. The highest BCUT2D eigenvalue weighted by molar-refractivity contribution is 7.08. The lowest BCUT2D eigenvalue weighted by Gasteiger charge is -2.23. The molecule has 3 heterocycles. The number of nitrogens with zero attached hydrogens (tertiary/aromatic N) is 3. The number of hydrogen-bond acceptors (Lipinski definition) is 5. The summed E-state index contributed by atoms with van der Waals surface area (Å²) in [4.78, 5) is 27.9. The minimum Gasteiger partial charge on any atom is -0.488 e. The van der Waals surface area contributed by atoms with Crippen LogP contribution >= 0.6 is 22.9 Å². The van der Waals surface area contributed by atoms with E-state index in [0.29, 0.717) is 27.6 Å². The van der Waals surface area contributed by atoms with Crippen molar-refractivity contribution in [2.75, 3.05) is 11.9 Å². The number of amides is 2. The molecule has 4 aromatic rings. The number of nitrogens with one attached hydrogen (secondary N) is 1. The summed E-state index contributed by atoms with van der Waals surface area (Å²) in [7, 11) is 1.74. The molecular formula is C25H20ClFN4O3S. The number of aryl methyl sites for hydroxylation is 1. The van der Waals surface area contributed by atoms with Gasteiger partial charge in [0.2, 0.25) is 5.91 Å². The summed E-state index contributed by atoms with van der Waals surface area (Å²) in [6.07, 6.45) is 0. The van der Waals surface area contributed by atoms with Crippen LogP contribution in [0.15, 0.2) is 59.3 Å². The molecular weight excluding hydrogens is 491 g/mol. The number of aromatic nitrogens is 2. The van der Waals surface area contributed by atoms with Crippen molar-refractivity contribution < 1.29 is 18.7 Å². The molecule has 0 bridgehead atoms. The van der Waals surface area contributed by atoms with Gasteiger partial charge in [-0.3, -0.25) is 14.3 Å². The standard InChI is InChI=1S/C25H20ClFN4O3S/c1-30-24-19-10-16(26)5-6-21(19)34-13-20(24)23(29-30)25(33)31(11-15-3-2-4-17(27)9-15)12-22(32)28-18-7-8-35-14-18/h2-10,14H,11-13H2,1H3,(H,28,32). The monoisotopic (exact) mass is 510 g/mol. The summed E-state index contributed by atoms with van der Waals surface area (Å²) in [5, 5.41) is 11.4. The molecule has 7 nitrogen and oxygen atoms in total. The Morgan fingerprint density at radius 1 is 1.26 bits per heavy atom. The van der Waals surface area contributed by atoms with E-state index < -0.39 is 11.7 Å². The molecule has 2 amide bonds. The molecule has 0 unspecified atom stereocenters. The molecule has 0 aliphatic carbocycles. The SMILES string of the molecule is Cn1nc(C(=O)N(CC(=O)Nc2ccsc2)Cc2cccc(F)c2)c2c1-c1cc(Cl)ccc1OC2. The van der Waals surface area contributed by atoms with Gasteiger partial charge in [-0.05, 0) is 47.3 Å². The Balaban J connectivity index is 1.48. The maximum absolute atomic E-state index is 13.8. The van der Waals surface area contributed by atoms with E-state index in [9.17, 15) is 14.0 Å². The van der Waals surface area contributed by atoms with Crippen LogP contribution in [0.4, 0.5) is 10.1 Å². The molecule has 0 atom stereocenters. The largest absolute Gasteiger partial charge is 0.488 e. The van der Waals surface area contributed by atoms with E-state index in [2.05, 4.69) is 10.4 Å². The highest BCUT2D eigenvalue weighted by Gasteiger charge is 2.31. The molecule has 1 aliphatic rings. The van der Waals surface area contributed by atoms with E-state index in [-0.39, 0.29) is 31.3 Å². The van der Waals surface area contributed by atoms with Gasteiger partial charge in [-0.15, -0.1) is 0 Å². The van der Waals surface area contributed by atoms with Crippen molar-refractivity contribution in [3.05, 3.63) is 87.0 Å². The van der Waals surface area contributed by atoms with Crippen molar-refractivity contribution in [2.24, 2.45) is 7.05 Å². The molecule has 0 spiro atoms. The number of halogens is 2. The molecule has 1 N–H and O–H groups in total. The minimum atomic E-state index is -0.458. The van der Waals surface area contributed by atoms with Gasteiger partial charge in [0.1, 0.15) is 24.7 Å². The Hall–Kier alpha value is -3.69. The Kier molecular flexibility index (Phi) is 6.27. The molecule has 0 saturated carbocycles. The summed E-state index contributed by atoms with van der Waals surface area (Å²) in [6.45, 7) is -0.0597. The van der Waals surface area contributed by atoms with Crippen molar-refractivity contribution in [1.29, 1.82) is 0 Å². The Morgan fingerprint density at radius 3 is 2.89 bits per heavy atom. The first kappa shape index (κ1) is 23.1. The Labute approximate surface area is 209 Å². The third kappa shape index (κ3) is 4.78. The quantitative estimate of drug-likeness (QED) is 0.391. The zero-order valence-corrected chi connectivity index (χ0v) is 20.2. The molecule has 1 aliphatic heterocycles. The minimum absolute atomic E-state index is 0.0300. The topological polar surface area (TPSA) is 76.5 Å². The number of anilines is 1. The van der Waals surface area contributed by atoms with Crippen LogP contribution in [-0.4, -0.2) is 33.0 Å². The van der Waals surface area contributed by atoms with Gasteiger partial charge < -0.3 is 15.0 Å². The molecule has 178 valence electrons. The van der Waals surface area contributed by atoms with E-state index >= 15 is 0 Å². The van der Waals surface area contributed by atoms with Crippen molar-refractivity contribution in [2.45, 2.75) is 13.2 Å². The van der Waals surface area contributed by atoms with E-state index in [4.69, 9.17) is 16.3 Å². The number of hydrogen-bond donors (Lipinski definition) is 1. The highest BCUT2D eigenvalue weighted by atomic mass is 35.5. The predicted octanol–water partition coefficient (Wildman–Crippen LogP) is 5.11. The Bertz CT molecular complexity index is 1420. The van der Waals surface area contributed by atoms with Gasteiger partial charge in [0.15, 0.2) is 5.69 Å². The lowest BCUT2D eigenvalue weighted by Crippen LogP contribution is -2.38. The third-order valence-corrected chi connectivity index (χ3v) is 6.52. The van der Waals surface area contributed by atoms with Crippen molar-refractivity contribution in [3.8, 4) is 17.0 Å². The summed E-state index contributed by atoms with van der Waals surface area (Å²) in [5.41, 5.74) is 3.45. The fourth-order valence-electron chi connectivity index (χ4n) is 4.09. The number of carbonyl (C=O) groups excluding carboxylic acids is 2. The maximum Gasteiger partial charge on any atom is 0.275 e. The lowest BCUT2D eigenvalue weighted by atomic mass is 10.0. The first-order valence-corrected chi connectivity index (χ1v) is 12.1. The molecule has 2 aromatic heterocycles. The summed E-state index contributed by atoms with van der Waals surface area (Å²) in [6, 6.07) is 13.0. The molecule has 0 fully saturated rings. The summed E-state index contributed by atoms with van der Waals surface area (Å²) >= 11 is 7.65. The number of carbonyl (C=O) groups is 2. The van der Waals surface area contributed by atoms with Crippen LogP contribution in [0.25, 0.3) is 11.3 Å². The number of rotatable bonds is 6. The Morgan fingerprint density at radius 2 is 2.11 bits per heavy atom. The third-order valence-electron chi connectivity index (χ3n) is 5.61. The van der Waals surface area contributed by atoms with Crippen LogP contribution in [0.1, 0.15) is 21.6 Å². The molecule has 35 heavy (non-hydrogen) atoms. The molecule has 10 heteroatoms. The molecule has 0 radical (unpaired) electrons. The summed E-state index contributed by atoms with van der Waals surface area (Å²) < 4.78 is 21.3. The normalized spacial score (nSPS) is 11.9. The van der Waals surface area contributed by atoms with E-state index in [1.165, 1.54) is 28.4 Å². The van der Waals surface area contributed by atoms with Gasteiger partial charge >= 0.3 is 0 Å².